The molecular formula is C10H12N2O2S. The van der Waals surface area contributed by atoms with Crippen molar-refractivity contribution in [2.45, 2.75) is 20.8 Å². The van der Waals surface area contributed by atoms with Crippen LogP contribution >= 0.6 is 11.3 Å². The minimum atomic E-state index is -0.332. The van der Waals surface area contributed by atoms with Crippen LogP contribution < -0.4 is 0 Å². The second kappa shape index (κ2) is 3.34. The fraction of sp³-hybridized carbons (Fsp3) is 0.400. The zero-order valence-electron chi connectivity index (χ0n) is 9.12. The Labute approximate surface area is 91.5 Å². The Morgan fingerprint density at radius 3 is 2.67 bits per heavy atom. The monoisotopic (exact) mass is 224 g/mol. The molecule has 0 aliphatic rings. The lowest BCUT2D eigenvalue weighted by Crippen LogP contribution is -2.07. The van der Waals surface area contributed by atoms with Crippen molar-refractivity contribution in [3.63, 3.8) is 0 Å². The van der Waals surface area contributed by atoms with Crippen LogP contribution in [0.15, 0.2) is 0 Å². The number of thiazole rings is 1. The molecule has 0 saturated heterocycles. The molecule has 0 unspecified atom stereocenters. The number of nitrogens with zero attached hydrogens (tertiary/aromatic N) is 2. The summed E-state index contributed by atoms with van der Waals surface area (Å²) in [5, 5.41) is 0. The number of carbonyl (C=O) groups is 1. The molecule has 2 aromatic rings. The van der Waals surface area contributed by atoms with Crippen molar-refractivity contribution in [1.82, 2.24) is 9.38 Å². The molecule has 0 aliphatic carbocycles. The quantitative estimate of drug-likeness (QED) is 0.697. The Kier molecular flexibility index (Phi) is 2.26. The highest BCUT2D eigenvalue weighted by Gasteiger charge is 2.20. The van der Waals surface area contributed by atoms with Gasteiger partial charge in [-0.05, 0) is 20.8 Å². The second-order valence-corrected chi connectivity index (χ2v) is 4.58. The molecule has 2 rings (SSSR count). The van der Waals surface area contributed by atoms with Crippen molar-refractivity contribution >= 4 is 22.3 Å². The zero-order chi connectivity index (χ0) is 11.2. The van der Waals surface area contributed by atoms with Gasteiger partial charge in [-0.1, -0.05) is 0 Å². The summed E-state index contributed by atoms with van der Waals surface area (Å²) in [4.78, 5) is 18.0. The van der Waals surface area contributed by atoms with Crippen LogP contribution in [0.2, 0.25) is 0 Å². The maximum Gasteiger partial charge on any atom is 0.357 e. The lowest BCUT2D eigenvalue weighted by molar-refractivity contribution is 0.0591. The molecule has 0 fully saturated rings. The van der Waals surface area contributed by atoms with E-state index in [2.05, 4.69) is 4.98 Å². The molecule has 2 aromatic heterocycles. The van der Waals surface area contributed by atoms with Gasteiger partial charge in [-0.2, -0.15) is 0 Å². The maximum absolute atomic E-state index is 11.6. The lowest BCUT2D eigenvalue weighted by Gasteiger charge is -2.00. The van der Waals surface area contributed by atoms with Gasteiger partial charge in [0.25, 0.3) is 0 Å². The highest BCUT2D eigenvalue weighted by Crippen LogP contribution is 2.25. The lowest BCUT2D eigenvalue weighted by atomic mass is 10.3. The van der Waals surface area contributed by atoms with Crippen LogP contribution in [0.4, 0.5) is 0 Å². The van der Waals surface area contributed by atoms with E-state index in [9.17, 15) is 4.79 Å². The summed E-state index contributed by atoms with van der Waals surface area (Å²) in [7, 11) is 1.38. The molecule has 80 valence electrons. The minimum Gasteiger partial charge on any atom is -0.464 e. The molecule has 0 saturated carbocycles. The molecule has 0 spiro atoms. The van der Waals surface area contributed by atoms with Crippen molar-refractivity contribution in [1.29, 1.82) is 0 Å². The summed E-state index contributed by atoms with van der Waals surface area (Å²) < 4.78 is 6.61. The molecule has 0 bridgehead atoms. The summed E-state index contributed by atoms with van der Waals surface area (Å²) in [6.07, 6.45) is 0. The molecule has 2 heterocycles. The van der Waals surface area contributed by atoms with E-state index in [4.69, 9.17) is 4.74 Å². The van der Waals surface area contributed by atoms with E-state index in [1.807, 2.05) is 25.2 Å². The standard InChI is InChI=1S/C10H12N2O2S/c1-5-8(9(13)14-4)12-6(2)7(3)15-10(12)11-5/h1-4H3. The minimum absolute atomic E-state index is 0.332. The summed E-state index contributed by atoms with van der Waals surface area (Å²) in [5.41, 5.74) is 2.31. The molecule has 5 heteroatoms. The number of hydrogen-bond acceptors (Lipinski definition) is 4. The average molecular weight is 224 g/mol. The van der Waals surface area contributed by atoms with Gasteiger partial charge in [0, 0.05) is 10.6 Å². The van der Waals surface area contributed by atoms with Crippen LogP contribution in [-0.4, -0.2) is 22.5 Å². The molecular weight excluding hydrogens is 212 g/mol. The number of carbonyl (C=O) groups excluding carboxylic acids is 1. The molecule has 15 heavy (non-hydrogen) atoms. The van der Waals surface area contributed by atoms with Gasteiger partial charge in [0.1, 0.15) is 0 Å². The van der Waals surface area contributed by atoms with Gasteiger partial charge in [0.15, 0.2) is 10.7 Å². The first-order valence-electron chi connectivity index (χ1n) is 4.59. The van der Waals surface area contributed by atoms with Crippen LogP contribution in [-0.2, 0) is 4.74 Å². The molecule has 0 radical (unpaired) electrons. The van der Waals surface area contributed by atoms with Crippen LogP contribution in [0.25, 0.3) is 4.96 Å². The van der Waals surface area contributed by atoms with Gasteiger partial charge in [-0.3, -0.25) is 4.40 Å². The van der Waals surface area contributed by atoms with Crippen LogP contribution in [0, 0.1) is 20.8 Å². The second-order valence-electron chi connectivity index (χ2n) is 3.40. The first-order chi connectivity index (χ1) is 7.06. The first-order valence-corrected chi connectivity index (χ1v) is 5.41. The number of aromatic nitrogens is 2. The molecule has 0 N–H and O–H groups in total. The highest BCUT2D eigenvalue weighted by molar-refractivity contribution is 7.17. The first kappa shape index (κ1) is 10.2. The Morgan fingerprint density at radius 2 is 2.07 bits per heavy atom. The fourth-order valence-electron chi connectivity index (χ4n) is 1.59. The number of methoxy groups -OCH3 is 1. The number of rotatable bonds is 1. The Morgan fingerprint density at radius 1 is 1.40 bits per heavy atom. The number of fused-ring (bicyclic) bond motifs is 1. The average Bonchev–Trinajstić information content (AvgIpc) is 2.64. The molecule has 0 amide bonds. The van der Waals surface area contributed by atoms with E-state index >= 15 is 0 Å². The number of ether oxygens (including phenoxy) is 1. The normalized spacial score (nSPS) is 10.9. The molecule has 0 aliphatic heterocycles. The Hall–Kier alpha value is -1.36. The van der Waals surface area contributed by atoms with Crippen LogP contribution in [0.3, 0.4) is 0 Å². The van der Waals surface area contributed by atoms with Crippen molar-refractivity contribution in [3.05, 3.63) is 22.0 Å². The summed E-state index contributed by atoms with van der Waals surface area (Å²) in [6, 6.07) is 0. The maximum atomic E-state index is 11.6. The number of imidazole rings is 1. The van der Waals surface area contributed by atoms with Crippen molar-refractivity contribution in [3.8, 4) is 0 Å². The molecule has 4 nitrogen and oxygen atoms in total. The van der Waals surface area contributed by atoms with Gasteiger partial charge < -0.3 is 4.74 Å². The van der Waals surface area contributed by atoms with Gasteiger partial charge in [0.05, 0.1) is 12.8 Å². The third-order valence-electron chi connectivity index (χ3n) is 2.49. The Balaban J connectivity index is 2.81. The largest absolute Gasteiger partial charge is 0.464 e. The van der Waals surface area contributed by atoms with Crippen molar-refractivity contribution < 1.29 is 9.53 Å². The summed E-state index contributed by atoms with van der Waals surface area (Å²) in [5.74, 6) is -0.332. The van der Waals surface area contributed by atoms with E-state index in [1.54, 1.807) is 11.3 Å². The van der Waals surface area contributed by atoms with Crippen molar-refractivity contribution in [2.24, 2.45) is 0 Å². The van der Waals surface area contributed by atoms with E-state index in [-0.39, 0.29) is 5.97 Å². The third kappa shape index (κ3) is 1.34. The number of esters is 1. The Bertz CT molecular complexity index is 539. The van der Waals surface area contributed by atoms with Gasteiger partial charge >= 0.3 is 5.97 Å². The predicted molar refractivity (Wildman–Crippen MR) is 58.6 cm³/mol. The summed E-state index contributed by atoms with van der Waals surface area (Å²) in [6.45, 7) is 5.82. The summed E-state index contributed by atoms with van der Waals surface area (Å²) >= 11 is 1.59. The molecule has 0 atom stereocenters. The third-order valence-corrected chi connectivity index (χ3v) is 3.55. The smallest absolute Gasteiger partial charge is 0.357 e. The van der Waals surface area contributed by atoms with Gasteiger partial charge in [0.2, 0.25) is 0 Å². The number of aryl methyl sites for hydroxylation is 3. The van der Waals surface area contributed by atoms with E-state index in [1.165, 1.54) is 12.0 Å². The van der Waals surface area contributed by atoms with Crippen molar-refractivity contribution in [2.75, 3.05) is 7.11 Å². The van der Waals surface area contributed by atoms with Gasteiger partial charge in [-0.15, -0.1) is 11.3 Å². The van der Waals surface area contributed by atoms with Gasteiger partial charge in [-0.25, -0.2) is 9.78 Å². The topological polar surface area (TPSA) is 43.6 Å². The number of hydrogen-bond donors (Lipinski definition) is 0. The molecule has 0 aromatic carbocycles. The SMILES string of the molecule is COC(=O)c1c(C)nc2sc(C)c(C)n12. The highest BCUT2D eigenvalue weighted by atomic mass is 32.1. The van der Waals surface area contributed by atoms with Crippen LogP contribution in [0.1, 0.15) is 26.8 Å². The zero-order valence-corrected chi connectivity index (χ0v) is 9.94. The fourth-order valence-corrected chi connectivity index (χ4v) is 2.60. The predicted octanol–water partition coefficient (Wildman–Crippen LogP) is 2.11. The van der Waals surface area contributed by atoms with E-state index < -0.39 is 0 Å². The van der Waals surface area contributed by atoms with E-state index in [0.29, 0.717) is 5.69 Å². The van der Waals surface area contributed by atoms with E-state index in [0.717, 1.165) is 16.3 Å². The van der Waals surface area contributed by atoms with Crippen LogP contribution in [0.5, 0.6) is 0 Å².